The number of carboxylic acids is 1. The van der Waals surface area contributed by atoms with Gasteiger partial charge in [-0.15, -0.1) is 11.8 Å². The highest BCUT2D eigenvalue weighted by Gasteiger charge is 2.22. The number of aliphatic carboxylic acids is 1. The molecule has 1 heterocycles. The first-order valence-electron chi connectivity index (χ1n) is 5.78. The highest BCUT2D eigenvalue weighted by molar-refractivity contribution is 7.99. The number of carboxylic acid groups (broad SMARTS) is 1. The highest BCUT2D eigenvalue weighted by Crippen LogP contribution is 2.20. The molecule has 0 bridgehead atoms. The van der Waals surface area contributed by atoms with Gasteiger partial charge in [-0.05, 0) is 6.92 Å². The lowest BCUT2D eigenvalue weighted by molar-refractivity contribution is -0.140. The summed E-state index contributed by atoms with van der Waals surface area (Å²) >= 11 is 1.05. The quantitative estimate of drug-likeness (QED) is 0.488. The van der Waals surface area contributed by atoms with Gasteiger partial charge in [0, 0.05) is 12.7 Å². The van der Waals surface area contributed by atoms with Crippen molar-refractivity contribution >= 4 is 29.6 Å². The minimum Gasteiger partial charge on any atom is -0.480 e. The zero-order valence-electron chi connectivity index (χ0n) is 11.0. The molecule has 110 valence electrons. The second kappa shape index (κ2) is 7.53. The summed E-state index contributed by atoms with van der Waals surface area (Å²) in [6.45, 7) is 3.14. The topological polar surface area (TPSA) is 121 Å². The Bertz CT molecular complexity index is 502. The fraction of sp³-hybridized carbons (Fsp3) is 0.455. The van der Waals surface area contributed by atoms with E-state index in [9.17, 15) is 14.4 Å². The number of aromatic amines is 1. The molecule has 1 aromatic heterocycles. The van der Waals surface area contributed by atoms with Crippen LogP contribution >= 0.6 is 11.8 Å². The number of thioether (sulfide) groups is 1. The van der Waals surface area contributed by atoms with E-state index in [4.69, 9.17) is 9.84 Å². The molecule has 0 unspecified atom stereocenters. The zero-order valence-corrected chi connectivity index (χ0v) is 11.8. The van der Waals surface area contributed by atoms with Crippen molar-refractivity contribution in [2.45, 2.75) is 24.9 Å². The summed E-state index contributed by atoms with van der Waals surface area (Å²) in [4.78, 5) is 40.0. The number of carbonyl (C=O) groups excluding carboxylic acids is 2. The number of amides is 1. The number of hydrogen-bond donors (Lipinski definition) is 3. The van der Waals surface area contributed by atoms with E-state index in [0.29, 0.717) is 5.03 Å². The Hall–Kier alpha value is -2.03. The summed E-state index contributed by atoms with van der Waals surface area (Å²) in [5, 5.41) is 11.6. The number of nitrogens with one attached hydrogen (secondary N) is 2. The van der Waals surface area contributed by atoms with Crippen molar-refractivity contribution < 1.29 is 24.2 Å². The molecule has 0 fully saturated rings. The van der Waals surface area contributed by atoms with Crippen LogP contribution in [0.15, 0.2) is 11.4 Å². The number of nitrogens with zero attached hydrogens (tertiary/aromatic N) is 1. The first-order valence-corrected chi connectivity index (χ1v) is 6.77. The molecule has 0 radical (unpaired) electrons. The molecule has 0 saturated heterocycles. The van der Waals surface area contributed by atoms with Crippen LogP contribution in [0.4, 0.5) is 0 Å². The van der Waals surface area contributed by atoms with Crippen molar-refractivity contribution in [3.8, 4) is 0 Å². The molecule has 9 heteroatoms. The predicted octanol–water partition coefficient (Wildman–Crippen LogP) is 0.268. The molecule has 1 aromatic rings. The van der Waals surface area contributed by atoms with Gasteiger partial charge in [0.1, 0.15) is 11.1 Å². The summed E-state index contributed by atoms with van der Waals surface area (Å²) in [5.74, 6) is -2.10. The van der Waals surface area contributed by atoms with E-state index in [0.717, 1.165) is 11.8 Å². The van der Waals surface area contributed by atoms with Crippen LogP contribution in [0.3, 0.4) is 0 Å². The summed E-state index contributed by atoms with van der Waals surface area (Å²) in [6.07, 6.45) is 1.32. The Morgan fingerprint density at radius 1 is 1.55 bits per heavy atom. The first kappa shape index (κ1) is 16.0. The average molecular weight is 301 g/mol. The van der Waals surface area contributed by atoms with E-state index in [-0.39, 0.29) is 18.1 Å². The second-order valence-corrected chi connectivity index (χ2v) is 4.71. The molecule has 1 rings (SSSR count). The monoisotopic (exact) mass is 301 g/mol. The molecule has 0 aliphatic carbocycles. The number of esters is 1. The molecule has 0 aliphatic rings. The zero-order chi connectivity index (χ0) is 15.1. The van der Waals surface area contributed by atoms with E-state index in [1.54, 1.807) is 6.92 Å². The average Bonchev–Trinajstić information content (AvgIpc) is 2.82. The third kappa shape index (κ3) is 4.57. The van der Waals surface area contributed by atoms with E-state index in [1.165, 1.54) is 13.3 Å². The molecule has 0 spiro atoms. The van der Waals surface area contributed by atoms with Crippen LogP contribution < -0.4 is 5.32 Å². The largest absolute Gasteiger partial charge is 0.480 e. The number of carbonyl (C=O) groups is 3. The third-order valence-corrected chi connectivity index (χ3v) is 3.23. The Morgan fingerprint density at radius 3 is 2.80 bits per heavy atom. The normalized spacial score (nSPS) is 11.7. The minimum absolute atomic E-state index is 0.0478. The SMILES string of the molecule is CCOC(=O)c1[nH]cnc1SC[C@@H](NC(C)=O)C(=O)O. The van der Waals surface area contributed by atoms with Crippen LogP contribution in [0.2, 0.25) is 0 Å². The van der Waals surface area contributed by atoms with Gasteiger partial charge in [0.15, 0.2) is 5.69 Å². The molecule has 8 nitrogen and oxygen atoms in total. The van der Waals surface area contributed by atoms with E-state index >= 15 is 0 Å². The third-order valence-electron chi connectivity index (χ3n) is 2.15. The maximum absolute atomic E-state index is 11.6. The van der Waals surface area contributed by atoms with Crippen LogP contribution in [0.25, 0.3) is 0 Å². The van der Waals surface area contributed by atoms with Gasteiger partial charge < -0.3 is 20.1 Å². The minimum atomic E-state index is -1.15. The van der Waals surface area contributed by atoms with E-state index in [2.05, 4.69) is 15.3 Å². The van der Waals surface area contributed by atoms with Gasteiger partial charge >= 0.3 is 11.9 Å². The molecule has 0 saturated carbocycles. The van der Waals surface area contributed by atoms with Crippen LogP contribution in [0.5, 0.6) is 0 Å². The lowest BCUT2D eigenvalue weighted by atomic mass is 10.3. The van der Waals surface area contributed by atoms with Gasteiger partial charge in [-0.25, -0.2) is 14.6 Å². The molecule has 0 aliphatic heterocycles. The number of hydrogen-bond acceptors (Lipinski definition) is 6. The summed E-state index contributed by atoms with van der Waals surface area (Å²) in [7, 11) is 0. The number of ether oxygens (including phenoxy) is 1. The van der Waals surface area contributed by atoms with Crippen LogP contribution in [-0.4, -0.2) is 51.3 Å². The number of H-pyrrole nitrogens is 1. The molecular formula is C11H15N3O5S. The van der Waals surface area contributed by atoms with Crippen molar-refractivity contribution in [1.29, 1.82) is 0 Å². The number of aromatic nitrogens is 2. The number of imidazole rings is 1. The Morgan fingerprint density at radius 2 is 2.25 bits per heavy atom. The summed E-state index contributed by atoms with van der Waals surface area (Å²) in [6, 6.07) is -1.05. The van der Waals surface area contributed by atoms with E-state index < -0.39 is 23.9 Å². The Kier molecular flexibility index (Phi) is 6.04. The van der Waals surface area contributed by atoms with Crippen LogP contribution in [0.1, 0.15) is 24.3 Å². The molecule has 1 atom stereocenters. The van der Waals surface area contributed by atoms with Gasteiger partial charge in [-0.1, -0.05) is 0 Å². The molecule has 20 heavy (non-hydrogen) atoms. The van der Waals surface area contributed by atoms with Crippen molar-refractivity contribution in [3.05, 3.63) is 12.0 Å². The standard InChI is InChI=1S/C11H15N3O5S/c1-3-19-11(18)8-9(13-5-12-8)20-4-7(10(16)17)14-6(2)15/h5,7H,3-4H2,1-2H3,(H,12,13)(H,14,15)(H,16,17)/t7-/m1/s1. The highest BCUT2D eigenvalue weighted by atomic mass is 32.2. The van der Waals surface area contributed by atoms with Crippen LogP contribution in [-0.2, 0) is 14.3 Å². The van der Waals surface area contributed by atoms with Gasteiger partial charge in [-0.2, -0.15) is 0 Å². The van der Waals surface area contributed by atoms with Gasteiger partial charge in [-0.3, -0.25) is 4.79 Å². The Balaban J connectivity index is 2.69. The van der Waals surface area contributed by atoms with Gasteiger partial charge in [0.25, 0.3) is 0 Å². The van der Waals surface area contributed by atoms with Gasteiger partial charge in [0.05, 0.1) is 12.9 Å². The Labute approximate surface area is 119 Å². The number of rotatable bonds is 7. The molecule has 0 aromatic carbocycles. The van der Waals surface area contributed by atoms with Crippen molar-refractivity contribution in [1.82, 2.24) is 15.3 Å². The first-order chi connectivity index (χ1) is 9.45. The molecule has 3 N–H and O–H groups in total. The predicted molar refractivity (Wildman–Crippen MR) is 70.5 cm³/mol. The van der Waals surface area contributed by atoms with E-state index in [1.807, 2.05) is 0 Å². The lowest BCUT2D eigenvalue weighted by Gasteiger charge is -2.12. The maximum atomic E-state index is 11.6. The fourth-order valence-corrected chi connectivity index (χ4v) is 2.29. The maximum Gasteiger partial charge on any atom is 0.357 e. The fourth-order valence-electron chi connectivity index (χ4n) is 1.32. The van der Waals surface area contributed by atoms with Crippen LogP contribution in [0, 0.1) is 0 Å². The van der Waals surface area contributed by atoms with Gasteiger partial charge in [0.2, 0.25) is 5.91 Å². The lowest BCUT2D eigenvalue weighted by Crippen LogP contribution is -2.41. The summed E-state index contributed by atoms with van der Waals surface area (Å²) < 4.78 is 4.84. The summed E-state index contributed by atoms with van der Waals surface area (Å²) in [5.41, 5.74) is 0.170. The molecule has 1 amide bonds. The second-order valence-electron chi connectivity index (χ2n) is 3.71. The van der Waals surface area contributed by atoms with Crippen molar-refractivity contribution in [2.75, 3.05) is 12.4 Å². The smallest absolute Gasteiger partial charge is 0.357 e. The van der Waals surface area contributed by atoms with Crippen molar-refractivity contribution in [3.63, 3.8) is 0 Å². The molecular weight excluding hydrogens is 286 g/mol. The van der Waals surface area contributed by atoms with Crippen molar-refractivity contribution in [2.24, 2.45) is 0 Å².